The SMILES string of the molecule is O=S(=O)(CC(F)c1ccc(C(F)(F)F)cc1)c1ccccc1. The van der Waals surface area contributed by atoms with Gasteiger partial charge in [0.05, 0.1) is 16.2 Å². The zero-order valence-corrected chi connectivity index (χ0v) is 12.0. The lowest BCUT2D eigenvalue weighted by Crippen LogP contribution is -2.12. The van der Waals surface area contributed by atoms with Crippen LogP contribution in [0.1, 0.15) is 17.3 Å². The summed E-state index contributed by atoms with van der Waals surface area (Å²) < 4.78 is 75.4. The predicted octanol–water partition coefficient (Wildman–Crippen LogP) is 4.19. The maximum atomic E-state index is 14.1. The minimum atomic E-state index is -4.51. The van der Waals surface area contributed by atoms with E-state index in [0.717, 1.165) is 24.3 Å². The highest BCUT2D eigenvalue weighted by atomic mass is 32.2. The molecule has 0 aliphatic carbocycles. The average molecular weight is 332 g/mol. The zero-order valence-electron chi connectivity index (χ0n) is 11.2. The Labute approximate surface area is 125 Å². The number of hydrogen-bond acceptors (Lipinski definition) is 2. The van der Waals surface area contributed by atoms with Gasteiger partial charge < -0.3 is 0 Å². The van der Waals surface area contributed by atoms with Crippen LogP contribution in [0.15, 0.2) is 59.5 Å². The van der Waals surface area contributed by atoms with Gasteiger partial charge in [0.15, 0.2) is 9.84 Å². The lowest BCUT2D eigenvalue weighted by Gasteiger charge is -2.11. The minimum absolute atomic E-state index is 0.0236. The van der Waals surface area contributed by atoms with Crippen molar-refractivity contribution in [2.75, 3.05) is 5.75 Å². The molecule has 2 rings (SSSR count). The predicted molar refractivity (Wildman–Crippen MR) is 73.8 cm³/mol. The Bertz CT molecular complexity index is 722. The average Bonchev–Trinajstić information content (AvgIpc) is 2.47. The van der Waals surface area contributed by atoms with E-state index in [9.17, 15) is 26.0 Å². The molecule has 1 atom stereocenters. The van der Waals surface area contributed by atoms with Crippen LogP contribution in [0.25, 0.3) is 0 Å². The van der Waals surface area contributed by atoms with Crippen molar-refractivity contribution in [1.29, 1.82) is 0 Å². The summed E-state index contributed by atoms with van der Waals surface area (Å²) in [7, 11) is -3.84. The topological polar surface area (TPSA) is 34.1 Å². The van der Waals surface area contributed by atoms with E-state index in [1.54, 1.807) is 6.07 Å². The van der Waals surface area contributed by atoms with Crippen molar-refractivity contribution in [3.63, 3.8) is 0 Å². The molecular formula is C15H12F4O2S. The Morgan fingerprint density at radius 1 is 0.909 bits per heavy atom. The summed E-state index contributed by atoms with van der Waals surface area (Å²) in [6, 6.07) is 10.7. The maximum Gasteiger partial charge on any atom is 0.416 e. The summed E-state index contributed by atoms with van der Waals surface area (Å²) in [6.45, 7) is 0. The highest BCUT2D eigenvalue weighted by Crippen LogP contribution is 2.31. The Hall–Kier alpha value is -1.89. The Morgan fingerprint density at radius 3 is 1.95 bits per heavy atom. The fourth-order valence-electron chi connectivity index (χ4n) is 1.89. The van der Waals surface area contributed by atoms with Crippen molar-refractivity contribution in [2.24, 2.45) is 0 Å². The third-order valence-electron chi connectivity index (χ3n) is 3.07. The van der Waals surface area contributed by atoms with Crippen molar-refractivity contribution in [3.05, 3.63) is 65.7 Å². The fraction of sp³-hybridized carbons (Fsp3) is 0.200. The van der Waals surface area contributed by atoms with Gasteiger partial charge >= 0.3 is 6.18 Å². The van der Waals surface area contributed by atoms with Gasteiger partial charge in [-0.3, -0.25) is 0 Å². The van der Waals surface area contributed by atoms with E-state index in [-0.39, 0.29) is 10.5 Å². The first kappa shape index (κ1) is 16.5. The fourth-order valence-corrected chi connectivity index (χ4v) is 3.24. The second-order valence-electron chi connectivity index (χ2n) is 4.68. The number of rotatable bonds is 4. The molecule has 2 aromatic carbocycles. The summed E-state index contributed by atoms with van der Waals surface area (Å²) in [4.78, 5) is -0.0236. The number of alkyl halides is 4. The maximum absolute atomic E-state index is 14.1. The molecule has 0 N–H and O–H groups in total. The summed E-state index contributed by atoms with van der Waals surface area (Å²) in [5, 5.41) is 0. The van der Waals surface area contributed by atoms with E-state index in [2.05, 4.69) is 0 Å². The first-order chi connectivity index (χ1) is 10.2. The van der Waals surface area contributed by atoms with E-state index in [1.165, 1.54) is 24.3 Å². The van der Waals surface area contributed by atoms with Crippen LogP contribution < -0.4 is 0 Å². The second kappa shape index (κ2) is 6.08. The van der Waals surface area contributed by atoms with Crippen LogP contribution in [0, 0.1) is 0 Å². The molecule has 0 aromatic heterocycles. The van der Waals surface area contributed by atoms with Gasteiger partial charge in [-0.15, -0.1) is 0 Å². The molecule has 2 nitrogen and oxygen atoms in total. The molecule has 0 saturated carbocycles. The lowest BCUT2D eigenvalue weighted by molar-refractivity contribution is -0.137. The Balaban J connectivity index is 2.17. The van der Waals surface area contributed by atoms with Gasteiger partial charge in [-0.2, -0.15) is 13.2 Å². The van der Waals surface area contributed by atoms with Gasteiger partial charge in [0.1, 0.15) is 6.17 Å². The lowest BCUT2D eigenvalue weighted by atomic mass is 10.1. The minimum Gasteiger partial charge on any atom is -0.241 e. The van der Waals surface area contributed by atoms with Crippen molar-refractivity contribution >= 4 is 9.84 Å². The highest BCUT2D eigenvalue weighted by Gasteiger charge is 2.30. The molecule has 0 bridgehead atoms. The number of sulfone groups is 1. The number of hydrogen-bond donors (Lipinski definition) is 0. The molecule has 0 heterocycles. The monoisotopic (exact) mass is 332 g/mol. The molecule has 22 heavy (non-hydrogen) atoms. The van der Waals surface area contributed by atoms with Gasteiger partial charge in [-0.05, 0) is 29.8 Å². The molecule has 0 amide bonds. The van der Waals surface area contributed by atoms with E-state index in [0.29, 0.717) is 0 Å². The van der Waals surface area contributed by atoms with Gasteiger partial charge in [-0.1, -0.05) is 30.3 Å². The first-order valence-electron chi connectivity index (χ1n) is 6.29. The summed E-state index contributed by atoms with van der Waals surface area (Å²) in [6.07, 6.45) is -6.41. The van der Waals surface area contributed by atoms with Gasteiger partial charge in [0, 0.05) is 0 Å². The quantitative estimate of drug-likeness (QED) is 0.787. The Morgan fingerprint density at radius 2 is 1.45 bits per heavy atom. The molecule has 0 aliphatic heterocycles. The summed E-state index contributed by atoms with van der Waals surface area (Å²) >= 11 is 0. The molecule has 118 valence electrons. The van der Waals surface area contributed by atoms with Crippen LogP contribution in [0.3, 0.4) is 0 Å². The summed E-state index contributed by atoms with van der Waals surface area (Å²) in [5.41, 5.74) is -1.01. The molecular weight excluding hydrogens is 320 g/mol. The Kier molecular flexibility index (Phi) is 4.55. The van der Waals surface area contributed by atoms with E-state index in [4.69, 9.17) is 0 Å². The standard InChI is InChI=1S/C15H12F4O2S/c16-14(10-22(20,21)13-4-2-1-3-5-13)11-6-8-12(9-7-11)15(17,18)19/h1-9,14H,10H2. The van der Waals surface area contributed by atoms with Gasteiger partial charge in [-0.25, -0.2) is 12.8 Å². The first-order valence-corrected chi connectivity index (χ1v) is 7.94. The molecule has 0 fully saturated rings. The molecule has 0 radical (unpaired) electrons. The largest absolute Gasteiger partial charge is 0.416 e. The third kappa shape index (κ3) is 3.85. The van der Waals surface area contributed by atoms with Gasteiger partial charge in [0.2, 0.25) is 0 Å². The van der Waals surface area contributed by atoms with Crippen molar-refractivity contribution in [3.8, 4) is 0 Å². The third-order valence-corrected chi connectivity index (χ3v) is 4.79. The highest BCUT2D eigenvalue weighted by molar-refractivity contribution is 7.91. The molecule has 0 saturated heterocycles. The number of benzene rings is 2. The zero-order chi connectivity index (χ0) is 16.4. The molecule has 0 aliphatic rings. The van der Waals surface area contributed by atoms with Crippen molar-refractivity contribution in [1.82, 2.24) is 0 Å². The van der Waals surface area contributed by atoms with E-state index in [1.807, 2.05) is 0 Å². The van der Waals surface area contributed by atoms with Crippen LogP contribution in [0.2, 0.25) is 0 Å². The van der Waals surface area contributed by atoms with Crippen molar-refractivity contribution in [2.45, 2.75) is 17.2 Å². The van der Waals surface area contributed by atoms with Gasteiger partial charge in [0.25, 0.3) is 0 Å². The van der Waals surface area contributed by atoms with Crippen LogP contribution in [-0.2, 0) is 16.0 Å². The van der Waals surface area contributed by atoms with Crippen LogP contribution >= 0.6 is 0 Å². The smallest absolute Gasteiger partial charge is 0.241 e. The summed E-state index contributed by atoms with van der Waals surface area (Å²) in [5.74, 6) is -0.817. The van der Waals surface area contributed by atoms with Crippen LogP contribution in [0.5, 0.6) is 0 Å². The van der Waals surface area contributed by atoms with Crippen molar-refractivity contribution < 1.29 is 26.0 Å². The normalized spacial score (nSPS) is 13.8. The second-order valence-corrected chi connectivity index (χ2v) is 6.72. The molecule has 1 unspecified atom stereocenters. The molecule has 0 spiro atoms. The van der Waals surface area contributed by atoms with Crippen LogP contribution in [-0.4, -0.2) is 14.2 Å². The van der Waals surface area contributed by atoms with E-state index < -0.39 is 33.5 Å². The molecule has 7 heteroatoms. The van der Waals surface area contributed by atoms with Crippen LogP contribution in [0.4, 0.5) is 17.6 Å². The number of halogens is 4. The van der Waals surface area contributed by atoms with E-state index >= 15 is 0 Å². The molecule has 2 aromatic rings.